The van der Waals surface area contributed by atoms with E-state index in [0.717, 1.165) is 6.54 Å². The van der Waals surface area contributed by atoms with Crippen LogP contribution in [0.4, 0.5) is 0 Å². The molecular formula is C14H26N2O2S. The number of nitrogens with zero attached hydrogens (tertiary/aromatic N) is 1. The summed E-state index contributed by atoms with van der Waals surface area (Å²) in [6.45, 7) is 11.1. The summed E-state index contributed by atoms with van der Waals surface area (Å²) in [7, 11) is -2.96. The van der Waals surface area contributed by atoms with E-state index in [-0.39, 0.29) is 16.5 Å². The zero-order valence-electron chi connectivity index (χ0n) is 12.6. The molecule has 110 valence electrons. The molecule has 1 N–H and O–H groups in total. The Bertz CT molecular complexity index is 496. The van der Waals surface area contributed by atoms with Crippen molar-refractivity contribution in [1.82, 2.24) is 9.88 Å². The largest absolute Gasteiger partial charge is 0.353 e. The fraction of sp³-hybridized carbons (Fsp3) is 0.714. The van der Waals surface area contributed by atoms with Crippen molar-refractivity contribution in [2.45, 2.75) is 58.5 Å². The predicted molar refractivity (Wildman–Crippen MR) is 79.9 cm³/mol. The number of hydrogen-bond acceptors (Lipinski definition) is 3. The Morgan fingerprint density at radius 3 is 2.47 bits per heavy atom. The molecule has 19 heavy (non-hydrogen) atoms. The molecule has 0 bridgehead atoms. The first-order valence-corrected chi connectivity index (χ1v) is 8.43. The highest BCUT2D eigenvalue weighted by Gasteiger charge is 2.15. The Labute approximate surface area is 117 Å². The van der Waals surface area contributed by atoms with Crippen LogP contribution in [0.1, 0.15) is 40.2 Å². The summed E-state index contributed by atoms with van der Waals surface area (Å²) in [5.41, 5.74) is 1.26. The highest BCUT2D eigenvalue weighted by Crippen LogP contribution is 2.07. The fourth-order valence-electron chi connectivity index (χ4n) is 1.57. The van der Waals surface area contributed by atoms with Gasteiger partial charge in [-0.15, -0.1) is 0 Å². The molecule has 1 heterocycles. The molecule has 0 saturated carbocycles. The average molecular weight is 286 g/mol. The number of aromatic nitrogens is 1. The summed E-state index contributed by atoms with van der Waals surface area (Å²) < 4.78 is 25.4. The van der Waals surface area contributed by atoms with Gasteiger partial charge in [0.2, 0.25) is 0 Å². The van der Waals surface area contributed by atoms with Crippen LogP contribution in [0.15, 0.2) is 18.5 Å². The minimum absolute atomic E-state index is 0.0864. The zero-order chi connectivity index (χ0) is 14.7. The first-order chi connectivity index (χ1) is 8.60. The van der Waals surface area contributed by atoms with Crippen LogP contribution in [-0.2, 0) is 22.9 Å². The Morgan fingerprint density at radius 1 is 1.32 bits per heavy atom. The normalized spacial score (nSPS) is 13.2. The SMILES string of the molecule is CC(C)S(=O)(=O)CCn1ccc(CNC(C)(C)C)c1. The monoisotopic (exact) mass is 286 g/mol. The second-order valence-corrected chi connectivity index (χ2v) is 8.95. The lowest BCUT2D eigenvalue weighted by atomic mass is 10.1. The highest BCUT2D eigenvalue weighted by atomic mass is 32.2. The van der Waals surface area contributed by atoms with Crippen molar-refractivity contribution >= 4 is 9.84 Å². The molecule has 1 rings (SSSR count). The molecule has 0 fully saturated rings. The van der Waals surface area contributed by atoms with Crippen LogP contribution in [0.25, 0.3) is 0 Å². The molecule has 0 saturated heterocycles. The van der Waals surface area contributed by atoms with Gasteiger partial charge >= 0.3 is 0 Å². The van der Waals surface area contributed by atoms with E-state index < -0.39 is 9.84 Å². The maximum absolute atomic E-state index is 11.7. The number of aryl methyl sites for hydroxylation is 1. The van der Waals surface area contributed by atoms with Crippen molar-refractivity contribution in [2.75, 3.05) is 5.75 Å². The summed E-state index contributed by atoms with van der Waals surface area (Å²) in [5.74, 6) is 0.200. The molecule has 1 aromatic heterocycles. The Balaban J connectivity index is 2.52. The summed E-state index contributed by atoms with van der Waals surface area (Å²) in [6, 6.07) is 2.03. The molecule has 0 spiro atoms. The second-order valence-electron chi connectivity index (χ2n) is 6.28. The molecule has 5 heteroatoms. The van der Waals surface area contributed by atoms with E-state index in [1.807, 2.05) is 23.0 Å². The van der Waals surface area contributed by atoms with Crippen LogP contribution in [0, 0.1) is 0 Å². The third-order valence-electron chi connectivity index (χ3n) is 2.99. The minimum atomic E-state index is -2.96. The van der Waals surface area contributed by atoms with E-state index in [1.165, 1.54) is 5.56 Å². The molecular weight excluding hydrogens is 260 g/mol. The summed E-state index contributed by atoms with van der Waals surface area (Å²) in [5, 5.41) is 3.11. The van der Waals surface area contributed by atoms with Gasteiger partial charge in [-0.1, -0.05) is 0 Å². The lowest BCUT2D eigenvalue weighted by molar-refractivity contribution is 0.424. The van der Waals surface area contributed by atoms with E-state index >= 15 is 0 Å². The van der Waals surface area contributed by atoms with Crippen LogP contribution in [-0.4, -0.2) is 29.5 Å². The van der Waals surface area contributed by atoms with E-state index in [0.29, 0.717) is 6.54 Å². The average Bonchev–Trinajstić information content (AvgIpc) is 2.70. The number of hydrogen-bond donors (Lipinski definition) is 1. The Hall–Kier alpha value is -0.810. The van der Waals surface area contributed by atoms with Gasteiger partial charge in [0.15, 0.2) is 9.84 Å². The first-order valence-electron chi connectivity index (χ1n) is 6.71. The van der Waals surface area contributed by atoms with Gasteiger partial charge in [0.1, 0.15) is 0 Å². The summed E-state index contributed by atoms with van der Waals surface area (Å²) in [6.07, 6.45) is 3.95. The lowest BCUT2D eigenvalue weighted by Crippen LogP contribution is -2.34. The first kappa shape index (κ1) is 16.2. The van der Waals surface area contributed by atoms with Gasteiger partial charge in [-0.25, -0.2) is 8.42 Å². The predicted octanol–water partition coefficient (Wildman–Crippen LogP) is 2.20. The van der Waals surface area contributed by atoms with Crippen LogP contribution < -0.4 is 5.32 Å². The van der Waals surface area contributed by atoms with Crippen molar-refractivity contribution in [1.29, 1.82) is 0 Å². The third-order valence-corrected chi connectivity index (χ3v) is 5.17. The second kappa shape index (κ2) is 6.09. The molecule has 0 radical (unpaired) electrons. The van der Waals surface area contributed by atoms with Crippen LogP contribution in [0.2, 0.25) is 0 Å². The van der Waals surface area contributed by atoms with Gasteiger partial charge in [0.25, 0.3) is 0 Å². The smallest absolute Gasteiger partial charge is 0.154 e. The maximum atomic E-state index is 11.7. The number of sulfone groups is 1. The topological polar surface area (TPSA) is 51.1 Å². The number of nitrogens with one attached hydrogen (secondary N) is 1. The standard InChI is InChI=1S/C14H26N2O2S/c1-12(2)19(17,18)9-8-16-7-6-13(11-16)10-15-14(3,4)5/h6-7,11-12,15H,8-10H2,1-5H3. The molecule has 0 aliphatic heterocycles. The summed E-state index contributed by atoms with van der Waals surface area (Å²) >= 11 is 0. The molecule has 0 amide bonds. The van der Waals surface area contributed by atoms with E-state index in [1.54, 1.807) is 13.8 Å². The van der Waals surface area contributed by atoms with Crippen molar-refractivity contribution in [2.24, 2.45) is 0 Å². The molecule has 0 atom stereocenters. The van der Waals surface area contributed by atoms with Gasteiger partial charge in [-0.05, 0) is 46.2 Å². The van der Waals surface area contributed by atoms with E-state index in [9.17, 15) is 8.42 Å². The Morgan fingerprint density at radius 2 is 1.95 bits per heavy atom. The molecule has 4 nitrogen and oxygen atoms in total. The molecule has 1 aromatic rings. The minimum Gasteiger partial charge on any atom is -0.353 e. The zero-order valence-corrected chi connectivity index (χ0v) is 13.4. The number of rotatable bonds is 6. The van der Waals surface area contributed by atoms with Gasteiger partial charge in [0, 0.05) is 31.0 Å². The van der Waals surface area contributed by atoms with Gasteiger partial charge in [-0.3, -0.25) is 0 Å². The molecule has 0 aliphatic carbocycles. The van der Waals surface area contributed by atoms with Gasteiger partial charge in [-0.2, -0.15) is 0 Å². The highest BCUT2D eigenvalue weighted by molar-refractivity contribution is 7.91. The molecule has 0 unspecified atom stereocenters. The molecule has 0 aliphatic rings. The lowest BCUT2D eigenvalue weighted by Gasteiger charge is -2.19. The van der Waals surface area contributed by atoms with Crippen molar-refractivity contribution in [3.8, 4) is 0 Å². The van der Waals surface area contributed by atoms with Crippen molar-refractivity contribution < 1.29 is 8.42 Å². The fourth-order valence-corrected chi connectivity index (χ4v) is 2.51. The van der Waals surface area contributed by atoms with Gasteiger partial charge in [0.05, 0.1) is 11.0 Å². The third kappa shape index (κ3) is 5.78. The van der Waals surface area contributed by atoms with Crippen molar-refractivity contribution in [3.63, 3.8) is 0 Å². The summed E-state index contributed by atoms with van der Waals surface area (Å²) in [4.78, 5) is 0. The quantitative estimate of drug-likeness (QED) is 0.872. The van der Waals surface area contributed by atoms with E-state index in [4.69, 9.17) is 0 Å². The van der Waals surface area contributed by atoms with Crippen LogP contribution >= 0.6 is 0 Å². The van der Waals surface area contributed by atoms with Gasteiger partial charge < -0.3 is 9.88 Å². The van der Waals surface area contributed by atoms with Crippen molar-refractivity contribution in [3.05, 3.63) is 24.0 Å². The van der Waals surface area contributed by atoms with Crippen LogP contribution in [0.3, 0.4) is 0 Å². The van der Waals surface area contributed by atoms with E-state index in [2.05, 4.69) is 26.1 Å². The molecule has 0 aromatic carbocycles. The maximum Gasteiger partial charge on any atom is 0.154 e. The Kier molecular flexibility index (Phi) is 5.21. The van der Waals surface area contributed by atoms with Crippen LogP contribution in [0.5, 0.6) is 0 Å².